The van der Waals surface area contributed by atoms with Gasteiger partial charge in [-0.25, -0.2) is 17.6 Å². The molecule has 184 valence electrons. The van der Waals surface area contributed by atoms with Crippen molar-refractivity contribution in [1.29, 1.82) is 0 Å². The van der Waals surface area contributed by atoms with Crippen molar-refractivity contribution in [2.45, 2.75) is 32.8 Å². The third-order valence-electron chi connectivity index (χ3n) is 5.30. The molecule has 0 aliphatic heterocycles. The summed E-state index contributed by atoms with van der Waals surface area (Å²) in [5, 5.41) is 23.6. The molecular weight excluding hydrogens is 468 g/mol. The highest BCUT2D eigenvalue weighted by molar-refractivity contribution is 5.99. The van der Waals surface area contributed by atoms with Gasteiger partial charge in [0.1, 0.15) is 34.6 Å². The van der Waals surface area contributed by atoms with E-state index < -0.39 is 80.7 Å². The van der Waals surface area contributed by atoms with Gasteiger partial charge in [-0.3, -0.25) is 14.6 Å². The van der Waals surface area contributed by atoms with Gasteiger partial charge < -0.3 is 15.5 Å². The number of nitrogens with zero attached hydrogens (tertiary/aromatic N) is 1. The van der Waals surface area contributed by atoms with Crippen molar-refractivity contribution >= 4 is 17.6 Å². The molecule has 0 saturated heterocycles. The second-order valence-corrected chi connectivity index (χ2v) is 8.94. The number of aliphatic hydroxyl groups is 1. The number of hydrogen-bond acceptors (Lipinski definition) is 4. The highest BCUT2D eigenvalue weighted by Gasteiger charge is 2.41. The molecule has 0 spiro atoms. The molecule has 6 nitrogen and oxygen atoms in total. The van der Waals surface area contributed by atoms with Crippen molar-refractivity contribution in [3.05, 3.63) is 83.1 Å². The summed E-state index contributed by atoms with van der Waals surface area (Å²) >= 11 is 0. The standard InChI is InChI=1S/C25H22F4N2O4/c1-24(2,3)23(34)31-21-15(9-10-30-22(21)20-16(27)5-4-6-17(20)28)25(35,12-19(32)33)14-8-7-13(26)11-18(14)29/h4-11,35H,12H2,1-3H3,(H,31,34)(H,32,33). The van der Waals surface area contributed by atoms with Gasteiger partial charge in [0.25, 0.3) is 0 Å². The number of aliphatic carboxylic acids is 1. The van der Waals surface area contributed by atoms with E-state index in [1.165, 1.54) is 0 Å². The lowest BCUT2D eigenvalue weighted by Gasteiger charge is -2.31. The van der Waals surface area contributed by atoms with E-state index >= 15 is 0 Å². The van der Waals surface area contributed by atoms with Crippen LogP contribution in [0.15, 0.2) is 48.7 Å². The summed E-state index contributed by atoms with van der Waals surface area (Å²) in [7, 11) is 0. The van der Waals surface area contributed by atoms with Crippen molar-refractivity contribution in [1.82, 2.24) is 4.98 Å². The Hall–Kier alpha value is -3.79. The largest absolute Gasteiger partial charge is 0.481 e. The maximum atomic E-state index is 14.8. The number of amides is 1. The minimum atomic E-state index is -2.69. The van der Waals surface area contributed by atoms with E-state index in [-0.39, 0.29) is 0 Å². The molecule has 3 rings (SSSR count). The van der Waals surface area contributed by atoms with Crippen molar-refractivity contribution < 1.29 is 37.4 Å². The zero-order valence-electron chi connectivity index (χ0n) is 19.0. The van der Waals surface area contributed by atoms with Crippen LogP contribution >= 0.6 is 0 Å². The number of carbonyl (C=O) groups is 2. The van der Waals surface area contributed by atoms with Crippen LogP contribution in [-0.2, 0) is 15.2 Å². The van der Waals surface area contributed by atoms with Gasteiger partial charge in [-0.2, -0.15) is 0 Å². The van der Waals surface area contributed by atoms with Gasteiger partial charge in [-0.15, -0.1) is 0 Å². The van der Waals surface area contributed by atoms with E-state index in [2.05, 4.69) is 10.3 Å². The van der Waals surface area contributed by atoms with E-state index in [1.54, 1.807) is 20.8 Å². The maximum Gasteiger partial charge on any atom is 0.307 e. The number of carbonyl (C=O) groups excluding carboxylic acids is 1. The highest BCUT2D eigenvalue weighted by atomic mass is 19.1. The van der Waals surface area contributed by atoms with Crippen LogP contribution in [0.3, 0.4) is 0 Å². The number of carboxylic acid groups (broad SMARTS) is 1. The Morgan fingerprint density at radius 2 is 1.57 bits per heavy atom. The Morgan fingerprint density at radius 3 is 2.11 bits per heavy atom. The van der Waals surface area contributed by atoms with Gasteiger partial charge in [0.15, 0.2) is 0 Å². The lowest BCUT2D eigenvalue weighted by atomic mass is 9.81. The molecule has 3 N–H and O–H groups in total. The van der Waals surface area contributed by atoms with Crippen LogP contribution in [0.1, 0.15) is 38.3 Å². The lowest BCUT2D eigenvalue weighted by molar-refractivity contribution is -0.141. The minimum absolute atomic E-state index is 0.407. The molecule has 0 fully saturated rings. The first-order chi connectivity index (χ1) is 16.3. The summed E-state index contributed by atoms with van der Waals surface area (Å²) in [6, 6.07) is 6.22. The Kier molecular flexibility index (Phi) is 6.98. The van der Waals surface area contributed by atoms with Gasteiger partial charge in [-0.05, 0) is 30.3 Å². The molecule has 1 aromatic heterocycles. The summed E-state index contributed by atoms with van der Waals surface area (Å²) < 4.78 is 57.8. The lowest BCUT2D eigenvalue weighted by Crippen LogP contribution is -2.35. The topological polar surface area (TPSA) is 99.5 Å². The zero-order valence-corrected chi connectivity index (χ0v) is 19.0. The van der Waals surface area contributed by atoms with Gasteiger partial charge >= 0.3 is 5.97 Å². The normalized spacial score (nSPS) is 13.3. The molecule has 0 bridgehead atoms. The van der Waals surface area contributed by atoms with Crippen LogP contribution in [0.5, 0.6) is 0 Å². The predicted octanol–water partition coefficient (Wildman–Crippen LogP) is 5.00. The first-order valence-corrected chi connectivity index (χ1v) is 10.4. The first kappa shape index (κ1) is 25.8. The summed E-state index contributed by atoms with van der Waals surface area (Å²) in [4.78, 5) is 28.6. The number of halogens is 4. The summed E-state index contributed by atoms with van der Waals surface area (Å²) in [6.45, 7) is 4.64. The smallest absolute Gasteiger partial charge is 0.307 e. The second kappa shape index (κ2) is 9.46. The van der Waals surface area contributed by atoms with Crippen molar-refractivity contribution in [3.63, 3.8) is 0 Å². The number of aromatic nitrogens is 1. The highest BCUT2D eigenvalue weighted by Crippen LogP contribution is 2.43. The van der Waals surface area contributed by atoms with Crippen LogP contribution < -0.4 is 5.32 Å². The third-order valence-corrected chi connectivity index (χ3v) is 5.30. The predicted molar refractivity (Wildman–Crippen MR) is 119 cm³/mol. The molecule has 0 saturated carbocycles. The fourth-order valence-corrected chi connectivity index (χ4v) is 3.53. The third kappa shape index (κ3) is 5.17. The van der Waals surface area contributed by atoms with Gasteiger partial charge in [0, 0.05) is 28.8 Å². The SMILES string of the molecule is CC(C)(C)C(=O)Nc1c(C(O)(CC(=O)O)c2ccc(F)cc2F)ccnc1-c1c(F)cccc1F. The number of anilines is 1. The molecule has 1 atom stereocenters. The number of benzene rings is 2. The zero-order chi connectivity index (χ0) is 26.1. The van der Waals surface area contributed by atoms with Gasteiger partial charge in [-0.1, -0.05) is 26.8 Å². The minimum Gasteiger partial charge on any atom is -0.481 e. The molecule has 10 heteroatoms. The molecule has 1 heterocycles. The Balaban J connectivity index is 2.42. The van der Waals surface area contributed by atoms with E-state index in [9.17, 15) is 37.4 Å². The number of carboxylic acids is 1. The van der Waals surface area contributed by atoms with Crippen molar-refractivity contribution in [3.8, 4) is 11.3 Å². The number of nitrogens with one attached hydrogen (secondary N) is 1. The molecule has 0 aliphatic carbocycles. The van der Waals surface area contributed by atoms with Crippen LogP contribution in [-0.4, -0.2) is 27.1 Å². The van der Waals surface area contributed by atoms with E-state index in [0.717, 1.165) is 42.6 Å². The molecule has 35 heavy (non-hydrogen) atoms. The first-order valence-electron chi connectivity index (χ1n) is 10.4. The van der Waals surface area contributed by atoms with Crippen molar-refractivity contribution in [2.24, 2.45) is 5.41 Å². The fraction of sp³-hybridized carbons (Fsp3) is 0.240. The number of hydrogen-bond donors (Lipinski definition) is 3. The molecule has 1 amide bonds. The van der Waals surface area contributed by atoms with Crippen LogP contribution in [0.25, 0.3) is 11.3 Å². The Bertz CT molecular complexity index is 1290. The Morgan fingerprint density at radius 1 is 0.943 bits per heavy atom. The number of rotatable bonds is 6. The second-order valence-electron chi connectivity index (χ2n) is 8.94. The molecule has 2 aromatic carbocycles. The Labute approximate surface area is 198 Å². The number of pyridine rings is 1. The molecular formula is C25H22F4N2O4. The summed E-state index contributed by atoms with van der Waals surface area (Å²) in [5.74, 6) is -6.57. The van der Waals surface area contributed by atoms with Crippen molar-refractivity contribution in [2.75, 3.05) is 5.32 Å². The molecule has 3 aromatic rings. The van der Waals surface area contributed by atoms with Crippen LogP contribution in [0.4, 0.5) is 23.2 Å². The van der Waals surface area contributed by atoms with Gasteiger partial charge in [0.2, 0.25) is 5.91 Å². The van der Waals surface area contributed by atoms with E-state index in [0.29, 0.717) is 6.07 Å². The average molecular weight is 490 g/mol. The van der Waals surface area contributed by atoms with E-state index in [1.807, 2.05) is 0 Å². The average Bonchev–Trinajstić information content (AvgIpc) is 2.73. The molecule has 0 radical (unpaired) electrons. The maximum absolute atomic E-state index is 14.8. The monoisotopic (exact) mass is 490 g/mol. The summed E-state index contributed by atoms with van der Waals surface area (Å²) in [5.41, 5.74) is -6.30. The van der Waals surface area contributed by atoms with Crippen LogP contribution in [0.2, 0.25) is 0 Å². The molecule has 0 aliphatic rings. The van der Waals surface area contributed by atoms with Gasteiger partial charge in [0.05, 0.1) is 17.7 Å². The van der Waals surface area contributed by atoms with Crippen LogP contribution in [0, 0.1) is 28.7 Å². The quantitative estimate of drug-likeness (QED) is 0.423. The van der Waals surface area contributed by atoms with E-state index in [4.69, 9.17) is 0 Å². The summed E-state index contributed by atoms with van der Waals surface area (Å²) in [6.07, 6.45) is -0.102. The fourth-order valence-electron chi connectivity index (χ4n) is 3.53. The molecule has 1 unspecified atom stereocenters.